The molecule has 0 saturated heterocycles. The highest BCUT2D eigenvalue weighted by Gasteiger charge is 2.19. The maximum absolute atomic E-state index is 13.0. The zero-order valence-electron chi connectivity index (χ0n) is 19.6. The van der Waals surface area contributed by atoms with E-state index in [4.69, 9.17) is 0 Å². The van der Waals surface area contributed by atoms with Crippen molar-refractivity contribution >= 4 is 44.7 Å². The zero-order valence-corrected chi connectivity index (χ0v) is 21.2. The van der Waals surface area contributed by atoms with E-state index in [1.54, 1.807) is 0 Å². The smallest absolute Gasteiger partial charge is 0.266 e. The van der Waals surface area contributed by atoms with Crippen LogP contribution in [0.25, 0.3) is 44.8 Å². The molecular formula is C28H16N6O2S2. The van der Waals surface area contributed by atoms with E-state index in [1.165, 1.54) is 31.7 Å². The lowest BCUT2D eigenvalue weighted by Crippen LogP contribution is -2.23. The summed E-state index contributed by atoms with van der Waals surface area (Å²) in [6, 6.07) is 26.8. The van der Waals surface area contributed by atoms with Crippen molar-refractivity contribution in [3.63, 3.8) is 0 Å². The largest absolute Gasteiger partial charge is 0.291 e. The number of aromatic nitrogens is 6. The van der Waals surface area contributed by atoms with Crippen molar-refractivity contribution in [1.29, 1.82) is 0 Å². The van der Waals surface area contributed by atoms with Crippen LogP contribution in [0, 0.1) is 0 Å². The molecule has 0 unspecified atom stereocenters. The summed E-state index contributed by atoms with van der Waals surface area (Å²) in [5.74, 6) is 0.794. The molecule has 38 heavy (non-hydrogen) atoms. The number of rotatable bonds is 4. The summed E-state index contributed by atoms with van der Waals surface area (Å²) in [6.07, 6.45) is 3.67. The average Bonchev–Trinajstić information content (AvgIpc) is 3.69. The van der Waals surface area contributed by atoms with Gasteiger partial charge in [0.25, 0.3) is 11.1 Å². The Morgan fingerprint density at radius 3 is 1.34 bits per heavy atom. The Kier molecular flexibility index (Phi) is 5.27. The molecule has 0 fully saturated rings. The van der Waals surface area contributed by atoms with Gasteiger partial charge in [0, 0.05) is 11.1 Å². The van der Waals surface area contributed by atoms with Gasteiger partial charge in [0.2, 0.25) is 9.92 Å². The summed E-state index contributed by atoms with van der Waals surface area (Å²) >= 11 is 2.58. The first-order chi connectivity index (χ1) is 18.6. The predicted molar refractivity (Wildman–Crippen MR) is 149 cm³/mol. The summed E-state index contributed by atoms with van der Waals surface area (Å²) in [6.45, 7) is 0. The van der Waals surface area contributed by atoms with Crippen LogP contribution < -0.4 is 20.2 Å². The van der Waals surface area contributed by atoms with E-state index in [2.05, 4.69) is 20.2 Å². The average molecular weight is 533 g/mol. The van der Waals surface area contributed by atoms with Gasteiger partial charge in [0.1, 0.15) is 0 Å². The normalized spacial score (nSPS) is 12.7. The van der Waals surface area contributed by atoms with Gasteiger partial charge in [0.15, 0.2) is 11.6 Å². The molecule has 0 amide bonds. The van der Waals surface area contributed by atoms with Gasteiger partial charge in [-0.25, -0.2) is 0 Å². The minimum absolute atomic E-state index is 0.219. The second-order valence-corrected chi connectivity index (χ2v) is 10.5. The third-order valence-corrected chi connectivity index (χ3v) is 7.89. The third-order valence-electron chi connectivity index (χ3n) is 5.97. The van der Waals surface area contributed by atoms with Crippen LogP contribution in [0.2, 0.25) is 0 Å². The number of fused-ring (bicyclic) bond motifs is 2. The molecule has 0 N–H and O–H groups in total. The monoisotopic (exact) mass is 532 g/mol. The van der Waals surface area contributed by atoms with E-state index in [0.29, 0.717) is 41.8 Å². The van der Waals surface area contributed by atoms with Crippen LogP contribution >= 0.6 is 22.7 Å². The Morgan fingerprint density at radius 2 is 0.947 bits per heavy atom. The maximum Gasteiger partial charge on any atom is 0.291 e. The molecule has 3 aromatic carbocycles. The Hall–Kier alpha value is -4.80. The summed E-state index contributed by atoms with van der Waals surface area (Å²) in [7, 11) is 0. The molecule has 8 nitrogen and oxygen atoms in total. The molecule has 0 aliphatic rings. The van der Waals surface area contributed by atoms with Crippen molar-refractivity contribution in [3.05, 3.63) is 126 Å². The van der Waals surface area contributed by atoms with Crippen LogP contribution in [0.3, 0.4) is 0 Å². The molecule has 0 spiro atoms. The number of nitrogens with zero attached hydrogens (tertiary/aromatic N) is 6. The van der Waals surface area contributed by atoms with Crippen molar-refractivity contribution in [2.45, 2.75) is 0 Å². The van der Waals surface area contributed by atoms with Crippen molar-refractivity contribution in [2.75, 3.05) is 0 Å². The van der Waals surface area contributed by atoms with E-state index in [9.17, 15) is 9.59 Å². The van der Waals surface area contributed by atoms with E-state index >= 15 is 0 Å². The molecule has 0 aliphatic carbocycles. The van der Waals surface area contributed by atoms with Crippen LogP contribution in [0.15, 0.2) is 94.5 Å². The van der Waals surface area contributed by atoms with Gasteiger partial charge in [-0.05, 0) is 23.3 Å². The predicted octanol–water partition coefficient (Wildman–Crippen LogP) is 3.04. The van der Waals surface area contributed by atoms with Crippen LogP contribution in [-0.2, 0) is 0 Å². The van der Waals surface area contributed by atoms with Gasteiger partial charge in [-0.15, -0.1) is 10.2 Å². The Bertz CT molecular complexity index is 2020. The van der Waals surface area contributed by atoms with Crippen molar-refractivity contribution in [2.24, 2.45) is 0 Å². The first-order valence-electron chi connectivity index (χ1n) is 11.7. The molecule has 0 radical (unpaired) electrons. The molecule has 0 aliphatic heterocycles. The Morgan fingerprint density at radius 1 is 0.553 bits per heavy atom. The van der Waals surface area contributed by atoms with Gasteiger partial charge >= 0.3 is 0 Å². The van der Waals surface area contributed by atoms with Crippen LogP contribution in [-0.4, -0.2) is 29.2 Å². The maximum atomic E-state index is 13.0. The molecule has 4 heterocycles. The standard InChI is InChI=1S/C28H16N6O2S2/c35-25-21(15-17-9-3-1-4-10-17)37-27-29-23(31-33(25)27)19-13-7-8-14-20(19)24-30-28-34(32-24)26(36)22(38-28)16-18-11-5-2-6-12-18/h1-16H/b21-15+,22-16+. The lowest BCUT2D eigenvalue weighted by molar-refractivity contribution is 0.932. The van der Waals surface area contributed by atoms with E-state index in [1.807, 2.05) is 97.1 Å². The first kappa shape index (κ1) is 22.4. The topological polar surface area (TPSA) is 94.5 Å². The van der Waals surface area contributed by atoms with Gasteiger partial charge < -0.3 is 0 Å². The Labute approximate surface area is 222 Å². The molecule has 0 saturated carbocycles. The summed E-state index contributed by atoms with van der Waals surface area (Å²) < 4.78 is 3.78. The minimum atomic E-state index is -0.219. The fourth-order valence-corrected chi connectivity index (χ4v) is 5.99. The molecule has 182 valence electrons. The number of thiazole rings is 2. The fourth-order valence-electron chi connectivity index (χ4n) is 4.17. The van der Waals surface area contributed by atoms with Crippen LogP contribution in [0.1, 0.15) is 11.1 Å². The molecule has 0 atom stereocenters. The quantitative estimate of drug-likeness (QED) is 0.346. The first-order valence-corrected chi connectivity index (χ1v) is 13.3. The van der Waals surface area contributed by atoms with E-state index in [0.717, 1.165) is 11.1 Å². The van der Waals surface area contributed by atoms with Gasteiger partial charge in [-0.3, -0.25) is 9.59 Å². The molecule has 7 aromatic rings. The summed E-state index contributed by atoms with van der Waals surface area (Å²) in [5.41, 5.74) is 2.80. The third kappa shape index (κ3) is 3.83. The van der Waals surface area contributed by atoms with Crippen LogP contribution in [0.5, 0.6) is 0 Å². The fraction of sp³-hybridized carbons (Fsp3) is 0. The number of hydrogen-bond donors (Lipinski definition) is 0. The zero-order chi connectivity index (χ0) is 25.6. The molecule has 10 heteroatoms. The SMILES string of the molecule is O=c1/c(=C\c2ccccc2)sc2nc(-c3ccccc3-c3nc4s/c(=C/c5ccccc5)c(=O)n4n3)nn12. The highest BCUT2D eigenvalue weighted by atomic mass is 32.1. The van der Waals surface area contributed by atoms with Crippen LogP contribution in [0.4, 0.5) is 0 Å². The lowest BCUT2D eigenvalue weighted by Gasteiger charge is -2.01. The van der Waals surface area contributed by atoms with Crippen molar-refractivity contribution < 1.29 is 0 Å². The summed E-state index contributed by atoms with van der Waals surface area (Å²) in [4.78, 5) is 36.3. The molecule has 4 aromatic heterocycles. The highest BCUT2D eigenvalue weighted by molar-refractivity contribution is 7.15. The molecule has 7 rings (SSSR count). The van der Waals surface area contributed by atoms with Gasteiger partial charge in [-0.1, -0.05) is 108 Å². The number of benzene rings is 3. The highest BCUT2D eigenvalue weighted by Crippen LogP contribution is 2.29. The van der Waals surface area contributed by atoms with Gasteiger partial charge in [-0.2, -0.15) is 19.0 Å². The van der Waals surface area contributed by atoms with Gasteiger partial charge in [0.05, 0.1) is 9.06 Å². The Balaban J connectivity index is 1.30. The number of hydrogen-bond acceptors (Lipinski definition) is 8. The van der Waals surface area contributed by atoms with Crippen molar-refractivity contribution in [1.82, 2.24) is 29.2 Å². The van der Waals surface area contributed by atoms with E-state index < -0.39 is 0 Å². The van der Waals surface area contributed by atoms with Crippen molar-refractivity contribution in [3.8, 4) is 22.8 Å². The minimum Gasteiger partial charge on any atom is -0.266 e. The second-order valence-electron chi connectivity index (χ2n) is 8.46. The van der Waals surface area contributed by atoms with E-state index in [-0.39, 0.29) is 11.1 Å². The summed E-state index contributed by atoms with van der Waals surface area (Å²) in [5, 5.41) is 9.02. The second kappa shape index (κ2) is 8.94. The molecule has 0 bridgehead atoms. The lowest BCUT2D eigenvalue weighted by atomic mass is 10.1. The molecular weight excluding hydrogens is 516 g/mol.